The second-order valence-electron chi connectivity index (χ2n) is 3.77. The van der Waals surface area contributed by atoms with Crippen LogP contribution in [0, 0.1) is 6.92 Å². The third kappa shape index (κ3) is 3.49. The molecule has 1 heterocycles. The Hall–Kier alpha value is -1.04. The third-order valence-corrected chi connectivity index (χ3v) is 4.48. The summed E-state index contributed by atoms with van der Waals surface area (Å²) >= 11 is 10.6. The Labute approximate surface area is 128 Å². The zero-order valence-electron chi connectivity index (χ0n) is 9.85. The zero-order chi connectivity index (χ0) is 14.0. The van der Waals surface area contributed by atoms with E-state index in [1.807, 2.05) is 19.1 Å². The molecule has 0 saturated heterocycles. The molecular formula is C13H9BrClNO2S. The summed E-state index contributed by atoms with van der Waals surface area (Å²) in [7, 11) is 0. The monoisotopic (exact) mass is 357 g/mol. The first-order valence-electron chi connectivity index (χ1n) is 5.31. The Morgan fingerprint density at radius 3 is 2.74 bits per heavy atom. The SMILES string of the molecule is Cc1nc(Sc2ccc(Cl)c(C(=O)O)c2)ccc1Br. The lowest BCUT2D eigenvalue weighted by Gasteiger charge is -2.05. The molecule has 0 aliphatic rings. The average molecular weight is 359 g/mol. The van der Waals surface area contributed by atoms with Crippen LogP contribution in [0.25, 0.3) is 0 Å². The summed E-state index contributed by atoms with van der Waals surface area (Å²) < 4.78 is 0.944. The number of carboxylic acids is 1. The Morgan fingerprint density at radius 1 is 1.37 bits per heavy atom. The predicted octanol–water partition coefficient (Wildman–Crippen LogP) is 4.66. The van der Waals surface area contributed by atoms with Gasteiger partial charge < -0.3 is 5.11 Å². The van der Waals surface area contributed by atoms with Crippen LogP contribution in [0.2, 0.25) is 5.02 Å². The van der Waals surface area contributed by atoms with Crippen LogP contribution in [-0.4, -0.2) is 16.1 Å². The summed E-state index contributed by atoms with van der Waals surface area (Å²) in [6.45, 7) is 1.90. The lowest BCUT2D eigenvalue weighted by atomic mass is 10.2. The minimum Gasteiger partial charge on any atom is -0.478 e. The number of carboxylic acid groups (broad SMARTS) is 1. The van der Waals surface area contributed by atoms with Gasteiger partial charge in [-0.2, -0.15) is 0 Å². The van der Waals surface area contributed by atoms with Crippen molar-refractivity contribution in [3.8, 4) is 0 Å². The summed E-state index contributed by atoms with van der Waals surface area (Å²) in [5, 5.41) is 10.1. The molecule has 0 aliphatic heterocycles. The summed E-state index contributed by atoms with van der Waals surface area (Å²) in [4.78, 5) is 16.2. The Balaban J connectivity index is 2.30. The van der Waals surface area contributed by atoms with Gasteiger partial charge in [0.05, 0.1) is 16.3 Å². The molecule has 0 fully saturated rings. The standard InChI is InChI=1S/C13H9BrClNO2S/c1-7-10(14)3-5-12(16-7)19-8-2-4-11(15)9(6-8)13(17)18/h2-6H,1H3,(H,17,18). The maximum Gasteiger partial charge on any atom is 0.337 e. The number of aryl methyl sites for hydroxylation is 1. The van der Waals surface area contributed by atoms with E-state index in [9.17, 15) is 4.79 Å². The van der Waals surface area contributed by atoms with Crippen LogP contribution < -0.4 is 0 Å². The van der Waals surface area contributed by atoms with Gasteiger partial charge in [-0.25, -0.2) is 9.78 Å². The van der Waals surface area contributed by atoms with Crippen molar-refractivity contribution < 1.29 is 9.90 Å². The minimum absolute atomic E-state index is 0.0977. The molecular weight excluding hydrogens is 350 g/mol. The molecule has 0 saturated carbocycles. The number of carbonyl (C=O) groups is 1. The number of aromatic carboxylic acids is 1. The molecule has 6 heteroatoms. The highest BCUT2D eigenvalue weighted by Crippen LogP contribution is 2.30. The Morgan fingerprint density at radius 2 is 2.11 bits per heavy atom. The summed E-state index contributed by atoms with van der Waals surface area (Å²) in [5.41, 5.74) is 0.984. The van der Waals surface area contributed by atoms with E-state index in [1.165, 1.54) is 11.8 Å². The number of benzene rings is 1. The molecule has 0 unspecified atom stereocenters. The van der Waals surface area contributed by atoms with E-state index >= 15 is 0 Å². The van der Waals surface area contributed by atoms with Gasteiger partial charge >= 0.3 is 5.97 Å². The molecule has 0 aliphatic carbocycles. The van der Waals surface area contributed by atoms with Gasteiger partial charge in [-0.15, -0.1) is 0 Å². The van der Waals surface area contributed by atoms with Gasteiger partial charge in [0, 0.05) is 9.37 Å². The van der Waals surface area contributed by atoms with Crippen molar-refractivity contribution in [2.24, 2.45) is 0 Å². The van der Waals surface area contributed by atoms with Crippen molar-refractivity contribution in [2.75, 3.05) is 0 Å². The van der Waals surface area contributed by atoms with Gasteiger partial charge in [-0.1, -0.05) is 23.4 Å². The molecule has 0 atom stereocenters. The van der Waals surface area contributed by atoms with E-state index in [0.717, 1.165) is 20.1 Å². The van der Waals surface area contributed by atoms with Crippen molar-refractivity contribution in [3.63, 3.8) is 0 Å². The lowest BCUT2D eigenvalue weighted by Crippen LogP contribution is -1.97. The van der Waals surface area contributed by atoms with Crippen molar-refractivity contribution in [2.45, 2.75) is 16.8 Å². The van der Waals surface area contributed by atoms with Crippen molar-refractivity contribution >= 4 is 45.3 Å². The molecule has 2 aromatic rings. The number of nitrogens with zero attached hydrogens (tertiary/aromatic N) is 1. The quantitative estimate of drug-likeness (QED) is 0.867. The van der Waals surface area contributed by atoms with Crippen molar-refractivity contribution in [3.05, 3.63) is 51.1 Å². The maximum atomic E-state index is 11.0. The zero-order valence-corrected chi connectivity index (χ0v) is 13.0. The second-order valence-corrected chi connectivity index (χ2v) is 6.12. The number of halogens is 2. The lowest BCUT2D eigenvalue weighted by molar-refractivity contribution is 0.0697. The number of hydrogen-bond acceptors (Lipinski definition) is 3. The number of aromatic nitrogens is 1. The van der Waals surface area contributed by atoms with Gasteiger partial charge in [-0.05, 0) is 53.2 Å². The Bertz CT molecular complexity index is 649. The first-order valence-corrected chi connectivity index (χ1v) is 7.30. The number of rotatable bonds is 3. The van der Waals surface area contributed by atoms with E-state index in [2.05, 4.69) is 20.9 Å². The summed E-state index contributed by atoms with van der Waals surface area (Å²) in [5.74, 6) is -1.03. The first-order chi connectivity index (χ1) is 8.97. The number of hydrogen-bond donors (Lipinski definition) is 1. The normalized spacial score (nSPS) is 10.5. The molecule has 98 valence electrons. The largest absolute Gasteiger partial charge is 0.478 e. The molecule has 0 amide bonds. The molecule has 1 aromatic carbocycles. The van der Waals surface area contributed by atoms with E-state index in [1.54, 1.807) is 18.2 Å². The maximum absolute atomic E-state index is 11.0. The highest BCUT2D eigenvalue weighted by atomic mass is 79.9. The molecule has 1 aromatic heterocycles. The highest BCUT2D eigenvalue weighted by Gasteiger charge is 2.10. The highest BCUT2D eigenvalue weighted by molar-refractivity contribution is 9.10. The van der Waals surface area contributed by atoms with Gasteiger partial charge in [0.2, 0.25) is 0 Å². The van der Waals surface area contributed by atoms with E-state index in [-0.39, 0.29) is 10.6 Å². The van der Waals surface area contributed by atoms with E-state index < -0.39 is 5.97 Å². The molecule has 2 rings (SSSR count). The predicted molar refractivity (Wildman–Crippen MR) is 79.2 cm³/mol. The summed E-state index contributed by atoms with van der Waals surface area (Å²) in [6.07, 6.45) is 0. The molecule has 0 bridgehead atoms. The minimum atomic E-state index is -1.03. The smallest absolute Gasteiger partial charge is 0.337 e. The fraction of sp³-hybridized carbons (Fsp3) is 0.0769. The van der Waals surface area contributed by atoms with Gasteiger partial charge in [0.25, 0.3) is 0 Å². The first kappa shape index (κ1) is 14.4. The van der Waals surface area contributed by atoms with Gasteiger partial charge in [0.15, 0.2) is 0 Å². The second kappa shape index (κ2) is 5.94. The van der Waals surface area contributed by atoms with Crippen molar-refractivity contribution in [1.29, 1.82) is 0 Å². The molecule has 0 spiro atoms. The van der Waals surface area contributed by atoms with Crippen LogP contribution in [0.5, 0.6) is 0 Å². The topological polar surface area (TPSA) is 50.2 Å². The molecule has 0 radical (unpaired) electrons. The molecule has 3 nitrogen and oxygen atoms in total. The van der Waals surface area contributed by atoms with Crippen LogP contribution in [0.15, 0.2) is 44.7 Å². The Kier molecular flexibility index (Phi) is 4.50. The fourth-order valence-electron chi connectivity index (χ4n) is 1.43. The third-order valence-electron chi connectivity index (χ3n) is 2.39. The summed E-state index contributed by atoms with van der Waals surface area (Å²) in [6, 6.07) is 8.70. The van der Waals surface area contributed by atoms with Crippen molar-refractivity contribution in [1.82, 2.24) is 4.98 Å². The van der Waals surface area contributed by atoms with Crippen LogP contribution in [0.3, 0.4) is 0 Å². The average Bonchev–Trinajstić information content (AvgIpc) is 2.36. The fourth-order valence-corrected chi connectivity index (χ4v) is 2.72. The molecule has 1 N–H and O–H groups in total. The van der Waals surface area contributed by atoms with E-state index in [0.29, 0.717) is 0 Å². The molecule has 19 heavy (non-hydrogen) atoms. The van der Waals surface area contributed by atoms with Gasteiger partial charge in [-0.3, -0.25) is 0 Å². The van der Waals surface area contributed by atoms with Crippen LogP contribution >= 0.6 is 39.3 Å². The van der Waals surface area contributed by atoms with Crippen LogP contribution in [0.1, 0.15) is 16.1 Å². The van der Waals surface area contributed by atoms with Gasteiger partial charge in [0.1, 0.15) is 5.03 Å². The number of pyridine rings is 1. The van der Waals surface area contributed by atoms with Crippen LogP contribution in [-0.2, 0) is 0 Å². The van der Waals surface area contributed by atoms with Crippen LogP contribution in [0.4, 0.5) is 0 Å². The van der Waals surface area contributed by atoms with E-state index in [4.69, 9.17) is 16.7 Å².